The van der Waals surface area contributed by atoms with Crippen LogP contribution in [-0.2, 0) is 0 Å². The van der Waals surface area contributed by atoms with Gasteiger partial charge in [0.15, 0.2) is 0 Å². The molecule has 0 fully saturated rings. The Bertz CT molecular complexity index is 389. The van der Waals surface area contributed by atoms with E-state index in [-0.39, 0.29) is 11.8 Å². The summed E-state index contributed by atoms with van der Waals surface area (Å²) in [7, 11) is 0. The summed E-state index contributed by atoms with van der Waals surface area (Å²) in [6.45, 7) is 6.29. The Hall–Kier alpha value is -1.71. The van der Waals surface area contributed by atoms with Crippen molar-refractivity contribution in [1.82, 2.24) is 5.32 Å². The monoisotopic (exact) mass is 222 g/mol. The molecule has 16 heavy (non-hydrogen) atoms. The Balaban J connectivity index is 2.73. The maximum Gasteiger partial charge on any atom is 0.319 e. The summed E-state index contributed by atoms with van der Waals surface area (Å²) in [5.74, 6) is 0.247. The van der Waals surface area contributed by atoms with Gasteiger partial charge in [0.25, 0.3) is 0 Å². The zero-order valence-corrected chi connectivity index (χ0v) is 9.92. The van der Waals surface area contributed by atoms with Gasteiger partial charge in [0.1, 0.15) is 5.75 Å². The molecule has 0 atom stereocenters. The molecule has 0 aromatic heterocycles. The van der Waals surface area contributed by atoms with Crippen LogP contribution in [0.3, 0.4) is 0 Å². The minimum absolute atomic E-state index is 0.213. The average Bonchev–Trinajstić information content (AvgIpc) is 2.23. The van der Waals surface area contributed by atoms with Crippen LogP contribution in [0.4, 0.5) is 10.5 Å². The standard InChI is InChI=1S/C12H18N2O2/c1-4-5-13-12(16)14-10-6-9(3)11(15)7-8(10)2/h6-7,15H,4-5H2,1-3H3,(H2,13,14,16). The summed E-state index contributed by atoms with van der Waals surface area (Å²) < 4.78 is 0. The molecule has 0 saturated heterocycles. The summed E-state index contributed by atoms with van der Waals surface area (Å²) >= 11 is 0. The van der Waals surface area contributed by atoms with Crippen LogP contribution in [-0.4, -0.2) is 17.7 Å². The van der Waals surface area contributed by atoms with E-state index in [1.807, 2.05) is 13.8 Å². The first kappa shape index (κ1) is 12.4. The van der Waals surface area contributed by atoms with Crippen molar-refractivity contribution in [3.63, 3.8) is 0 Å². The average molecular weight is 222 g/mol. The van der Waals surface area contributed by atoms with E-state index >= 15 is 0 Å². The fourth-order valence-electron chi connectivity index (χ4n) is 1.34. The molecule has 0 bridgehead atoms. The van der Waals surface area contributed by atoms with Crippen molar-refractivity contribution < 1.29 is 9.90 Å². The van der Waals surface area contributed by atoms with E-state index in [2.05, 4.69) is 10.6 Å². The topological polar surface area (TPSA) is 61.4 Å². The molecule has 3 N–H and O–H groups in total. The Morgan fingerprint density at radius 1 is 1.31 bits per heavy atom. The van der Waals surface area contributed by atoms with Gasteiger partial charge in [0, 0.05) is 12.2 Å². The SMILES string of the molecule is CCCNC(=O)Nc1cc(C)c(O)cc1C. The van der Waals surface area contributed by atoms with Crippen molar-refractivity contribution in [3.8, 4) is 5.75 Å². The molecule has 0 aliphatic carbocycles. The summed E-state index contributed by atoms with van der Waals surface area (Å²) in [6.07, 6.45) is 0.904. The molecule has 1 aromatic carbocycles. The van der Waals surface area contributed by atoms with Gasteiger partial charge in [-0.25, -0.2) is 4.79 Å². The van der Waals surface area contributed by atoms with Crippen molar-refractivity contribution in [2.75, 3.05) is 11.9 Å². The van der Waals surface area contributed by atoms with E-state index in [4.69, 9.17) is 0 Å². The molecule has 88 valence electrons. The first-order chi connectivity index (χ1) is 7.54. The predicted octanol–water partition coefficient (Wildman–Crippen LogP) is 2.54. The van der Waals surface area contributed by atoms with Crippen molar-refractivity contribution in [2.24, 2.45) is 0 Å². The molecule has 0 radical (unpaired) electrons. The number of anilines is 1. The van der Waals surface area contributed by atoms with Crippen LogP contribution in [0.1, 0.15) is 24.5 Å². The Labute approximate surface area is 95.7 Å². The van der Waals surface area contributed by atoms with Gasteiger partial charge in [-0.05, 0) is 43.5 Å². The minimum atomic E-state index is -0.213. The van der Waals surface area contributed by atoms with Gasteiger partial charge in [0.2, 0.25) is 0 Å². The fraction of sp³-hybridized carbons (Fsp3) is 0.417. The quantitative estimate of drug-likeness (QED) is 0.688. The summed E-state index contributed by atoms with van der Waals surface area (Å²) in [4.78, 5) is 11.4. The molecular weight excluding hydrogens is 204 g/mol. The van der Waals surface area contributed by atoms with Gasteiger partial charge in [-0.2, -0.15) is 0 Å². The fourth-order valence-corrected chi connectivity index (χ4v) is 1.34. The lowest BCUT2D eigenvalue weighted by Gasteiger charge is -2.11. The molecule has 4 nitrogen and oxygen atoms in total. The third-order valence-electron chi connectivity index (χ3n) is 2.33. The first-order valence-electron chi connectivity index (χ1n) is 5.39. The van der Waals surface area contributed by atoms with Crippen LogP contribution in [0.5, 0.6) is 5.75 Å². The molecular formula is C12H18N2O2. The number of benzene rings is 1. The number of carbonyl (C=O) groups excluding carboxylic acids is 1. The summed E-state index contributed by atoms with van der Waals surface area (Å²) in [6, 6.07) is 3.19. The second-order valence-corrected chi connectivity index (χ2v) is 3.83. The van der Waals surface area contributed by atoms with E-state index < -0.39 is 0 Å². The second-order valence-electron chi connectivity index (χ2n) is 3.83. The lowest BCUT2D eigenvalue weighted by Crippen LogP contribution is -2.29. The molecule has 1 aromatic rings. The number of hydrogen-bond donors (Lipinski definition) is 3. The Morgan fingerprint density at radius 2 is 2.00 bits per heavy atom. The van der Waals surface area contributed by atoms with Crippen molar-refractivity contribution in [3.05, 3.63) is 23.3 Å². The van der Waals surface area contributed by atoms with Gasteiger partial charge >= 0.3 is 6.03 Å². The predicted molar refractivity (Wildman–Crippen MR) is 64.9 cm³/mol. The lowest BCUT2D eigenvalue weighted by atomic mass is 10.1. The number of phenols is 1. The van der Waals surface area contributed by atoms with Crippen LogP contribution in [0, 0.1) is 13.8 Å². The van der Waals surface area contributed by atoms with Gasteiger partial charge in [-0.15, -0.1) is 0 Å². The number of aromatic hydroxyl groups is 1. The maximum absolute atomic E-state index is 11.4. The number of urea groups is 1. The summed E-state index contributed by atoms with van der Waals surface area (Å²) in [5.41, 5.74) is 2.31. The molecule has 0 aliphatic rings. The molecule has 0 aliphatic heterocycles. The van der Waals surface area contributed by atoms with Crippen LogP contribution in [0.25, 0.3) is 0 Å². The van der Waals surface area contributed by atoms with Crippen molar-refractivity contribution in [1.29, 1.82) is 0 Å². The van der Waals surface area contributed by atoms with Crippen molar-refractivity contribution >= 4 is 11.7 Å². The zero-order chi connectivity index (χ0) is 12.1. The maximum atomic E-state index is 11.4. The number of nitrogens with one attached hydrogen (secondary N) is 2. The van der Waals surface area contributed by atoms with Gasteiger partial charge in [-0.1, -0.05) is 6.92 Å². The highest BCUT2D eigenvalue weighted by Crippen LogP contribution is 2.24. The normalized spacial score (nSPS) is 9.94. The molecule has 0 spiro atoms. The highest BCUT2D eigenvalue weighted by Gasteiger charge is 2.06. The highest BCUT2D eigenvalue weighted by molar-refractivity contribution is 5.90. The zero-order valence-electron chi connectivity index (χ0n) is 9.92. The lowest BCUT2D eigenvalue weighted by molar-refractivity contribution is 0.252. The molecule has 0 heterocycles. The van der Waals surface area contributed by atoms with E-state index in [0.29, 0.717) is 6.54 Å². The molecule has 4 heteroatoms. The molecule has 2 amide bonds. The van der Waals surface area contributed by atoms with Gasteiger partial charge < -0.3 is 15.7 Å². The van der Waals surface area contributed by atoms with Crippen LogP contribution >= 0.6 is 0 Å². The smallest absolute Gasteiger partial charge is 0.319 e. The van der Waals surface area contributed by atoms with E-state index in [1.54, 1.807) is 19.1 Å². The number of phenolic OH excluding ortho intramolecular Hbond substituents is 1. The minimum Gasteiger partial charge on any atom is -0.508 e. The van der Waals surface area contributed by atoms with Gasteiger partial charge in [0.05, 0.1) is 0 Å². The van der Waals surface area contributed by atoms with E-state index in [0.717, 1.165) is 23.2 Å². The third-order valence-corrected chi connectivity index (χ3v) is 2.33. The Kier molecular flexibility index (Phi) is 4.17. The third kappa shape index (κ3) is 3.15. The van der Waals surface area contributed by atoms with Crippen molar-refractivity contribution in [2.45, 2.75) is 27.2 Å². The molecule has 0 saturated carbocycles. The number of carbonyl (C=O) groups is 1. The largest absolute Gasteiger partial charge is 0.508 e. The van der Waals surface area contributed by atoms with E-state index in [9.17, 15) is 9.90 Å². The number of hydrogen-bond acceptors (Lipinski definition) is 2. The molecule has 1 rings (SSSR count). The van der Waals surface area contributed by atoms with Crippen LogP contribution in [0.2, 0.25) is 0 Å². The van der Waals surface area contributed by atoms with Crippen LogP contribution in [0.15, 0.2) is 12.1 Å². The second kappa shape index (κ2) is 5.39. The Morgan fingerprint density at radius 3 is 2.62 bits per heavy atom. The van der Waals surface area contributed by atoms with Gasteiger partial charge in [-0.3, -0.25) is 0 Å². The molecule has 0 unspecified atom stereocenters. The number of rotatable bonds is 3. The highest BCUT2D eigenvalue weighted by atomic mass is 16.3. The first-order valence-corrected chi connectivity index (χ1v) is 5.39. The summed E-state index contributed by atoms with van der Waals surface area (Å²) in [5, 5.41) is 15.0. The number of aryl methyl sites for hydroxylation is 2. The number of amides is 2. The van der Waals surface area contributed by atoms with E-state index in [1.165, 1.54) is 0 Å². The van der Waals surface area contributed by atoms with Crippen LogP contribution < -0.4 is 10.6 Å².